The van der Waals surface area contributed by atoms with Crippen LogP contribution in [-0.2, 0) is 0 Å². The Hall–Kier alpha value is -2.67. The van der Waals surface area contributed by atoms with Crippen LogP contribution in [0.15, 0.2) is 48.7 Å². The molecule has 1 aliphatic carbocycles. The summed E-state index contributed by atoms with van der Waals surface area (Å²) in [5.41, 5.74) is 2.28. The van der Waals surface area contributed by atoms with Gasteiger partial charge in [0, 0.05) is 23.7 Å². The van der Waals surface area contributed by atoms with Gasteiger partial charge in [-0.1, -0.05) is 49.6 Å². The zero-order valence-electron chi connectivity index (χ0n) is 14.2. The van der Waals surface area contributed by atoms with Gasteiger partial charge in [-0.05, 0) is 30.5 Å². The number of carbonyl (C=O) groups is 1. The fourth-order valence-corrected chi connectivity index (χ4v) is 4.57. The number of amides is 1. The van der Waals surface area contributed by atoms with Crippen molar-refractivity contribution in [2.45, 2.75) is 38.1 Å². The van der Waals surface area contributed by atoms with Gasteiger partial charge >= 0.3 is 0 Å². The summed E-state index contributed by atoms with van der Waals surface area (Å²) >= 11 is 0. The van der Waals surface area contributed by atoms with E-state index in [2.05, 4.69) is 17.1 Å². The van der Waals surface area contributed by atoms with E-state index in [-0.39, 0.29) is 23.1 Å². The molecule has 2 aliphatic rings. The predicted molar refractivity (Wildman–Crippen MR) is 94.7 cm³/mol. The average Bonchev–Trinajstić information content (AvgIpc) is 2.67. The molecule has 1 saturated heterocycles. The van der Waals surface area contributed by atoms with Gasteiger partial charge in [0.25, 0.3) is 5.91 Å². The third kappa shape index (κ3) is 2.70. The fourth-order valence-electron chi connectivity index (χ4n) is 4.57. The molecule has 0 N–H and O–H groups in total. The Morgan fingerprint density at radius 1 is 1.16 bits per heavy atom. The second kappa shape index (κ2) is 6.33. The van der Waals surface area contributed by atoms with E-state index in [9.17, 15) is 4.79 Å². The van der Waals surface area contributed by atoms with Gasteiger partial charge in [-0.2, -0.15) is 5.26 Å². The molecule has 0 unspecified atom stereocenters. The molecule has 4 heteroatoms. The van der Waals surface area contributed by atoms with Crippen LogP contribution in [0.2, 0.25) is 0 Å². The van der Waals surface area contributed by atoms with Gasteiger partial charge in [-0.15, -0.1) is 0 Å². The molecule has 1 atom stereocenters. The van der Waals surface area contributed by atoms with Crippen LogP contribution in [-0.4, -0.2) is 22.3 Å². The molecule has 2 heterocycles. The summed E-state index contributed by atoms with van der Waals surface area (Å²) in [6.07, 6.45) is 7.72. The number of aromatic nitrogens is 1. The molecular weight excluding hydrogens is 310 g/mol. The van der Waals surface area contributed by atoms with E-state index >= 15 is 0 Å². The van der Waals surface area contributed by atoms with E-state index in [1.807, 2.05) is 29.2 Å². The summed E-state index contributed by atoms with van der Waals surface area (Å²) in [7, 11) is 0. The number of nitriles is 1. The first-order valence-electron chi connectivity index (χ1n) is 8.96. The molecule has 1 amide bonds. The lowest BCUT2D eigenvalue weighted by Gasteiger charge is -2.59. The molecular formula is C21H21N3O. The van der Waals surface area contributed by atoms with Gasteiger partial charge in [-0.3, -0.25) is 4.79 Å². The van der Waals surface area contributed by atoms with Crippen molar-refractivity contribution >= 4 is 5.91 Å². The SMILES string of the molecule is N#Cc1cc(C(=O)N2CC3(CCCCC3)[C@H]2c2ccccc2)ccn1. The molecule has 1 saturated carbocycles. The van der Waals surface area contributed by atoms with Crippen molar-refractivity contribution < 1.29 is 4.79 Å². The molecule has 4 nitrogen and oxygen atoms in total. The molecule has 1 aromatic heterocycles. The van der Waals surface area contributed by atoms with Gasteiger partial charge in [0.05, 0.1) is 6.04 Å². The predicted octanol–water partition coefficient (Wildman–Crippen LogP) is 4.10. The number of hydrogen-bond donors (Lipinski definition) is 0. The van der Waals surface area contributed by atoms with Crippen LogP contribution >= 0.6 is 0 Å². The Balaban J connectivity index is 1.67. The second-order valence-corrected chi connectivity index (χ2v) is 7.21. The normalized spacial score (nSPS) is 21.4. The van der Waals surface area contributed by atoms with Crippen LogP contribution in [0.1, 0.15) is 59.8 Å². The summed E-state index contributed by atoms with van der Waals surface area (Å²) < 4.78 is 0. The lowest BCUT2D eigenvalue weighted by atomic mass is 9.61. The summed E-state index contributed by atoms with van der Waals surface area (Å²) in [4.78, 5) is 19.0. The highest BCUT2D eigenvalue weighted by molar-refractivity contribution is 5.95. The zero-order chi connectivity index (χ0) is 17.3. The molecule has 1 aromatic carbocycles. The van der Waals surface area contributed by atoms with Crippen molar-refractivity contribution in [1.29, 1.82) is 5.26 Å². The molecule has 4 rings (SSSR count). The number of carbonyl (C=O) groups excluding carboxylic acids is 1. The Morgan fingerprint density at radius 2 is 1.92 bits per heavy atom. The first-order valence-corrected chi connectivity index (χ1v) is 8.96. The molecule has 0 radical (unpaired) electrons. The Bertz CT molecular complexity index is 819. The number of hydrogen-bond acceptors (Lipinski definition) is 3. The van der Waals surface area contributed by atoms with E-state index in [0.29, 0.717) is 5.56 Å². The van der Waals surface area contributed by atoms with Crippen molar-refractivity contribution in [2.75, 3.05) is 6.54 Å². The fraction of sp³-hybridized carbons (Fsp3) is 0.381. The van der Waals surface area contributed by atoms with Crippen molar-refractivity contribution in [3.8, 4) is 6.07 Å². The van der Waals surface area contributed by atoms with E-state index in [1.54, 1.807) is 18.3 Å². The summed E-state index contributed by atoms with van der Waals surface area (Å²) in [6, 6.07) is 15.8. The first kappa shape index (κ1) is 15.8. The minimum absolute atomic E-state index is 0.00366. The van der Waals surface area contributed by atoms with Crippen LogP contribution < -0.4 is 0 Å². The van der Waals surface area contributed by atoms with Crippen molar-refractivity contribution in [2.24, 2.45) is 5.41 Å². The van der Waals surface area contributed by atoms with Crippen LogP contribution in [0.4, 0.5) is 0 Å². The van der Waals surface area contributed by atoms with Crippen molar-refractivity contribution in [3.05, 3.63) is 65.5 Å². The molecule has 2 fully saturated rings. The van der Waals surface area contributed by atoms with Crippen LogP contribution in [0.3, 0.4) is 0 Å². The van der Waals surface area contributed by atoms with Gasteiger partial charge in [0.1, 0.15) is 11.8 Å². The Labute approximate surface area is 148 Å². The quantitative estimate of drug-likeness (QED) is 0.832. The van der Waals surface area contributed by atoms with E-state index in [4.69, 9.17) is 5.26 Å². The molecule has 126 valence electrons. The minimum Gasteiger partial charge on any atom is -0.330 e. The lowest BCUT2D eigenvalue weighted by molar-refractivity contribution is -0.0770. The summed E-state index contributed by atoms with van der Waals surface area (Å²) in [5, 5.41) is 9.04. The maximum atomic E-state index is 13.1. The third-order valence-electron chi connectivity index (χ3n) is 5.72. The van der Waals surface area contributed by atoms with Gasteiger partial charge in [0.2, 0.25) is 0 Å². The third-order valence-corrected chi connectivity index (χ3v) is 5.72. The number of likely N-dealkylation sites (tertiary alicyclic amines) is 1. The molecule has 1 spiro atoms. The smallest absolute Gasteiger partial charge is 0.254 e. The molecule has 0 bridgehead atoms. The average molecular weight is 331 g/mol. The highest BCUT2D eigenvalue weighted by Gasteiger charge is 2.54. The number of rotatable bonds is 2. The summed E-state index contributed by atoms with van der Waals surface area (Å²) in [6.45, 7) is 0.815. The van der Waals surface area contributed by atoms with Crippen LogP contribution in [0, 0.1) is 16.7 Å². The maximum absolute atomic E-state index is 13.1. The van der Waals surface area contributed by atoms with Gasteiger partial charge in [-0.25, -0.2) is 4.98 Å². The Morgan fingerprint density at radius 3 is 2.64 bits per heavy atom. The number of pyridine rings is 1. The molecule has 25 heavy (non-hydrogen) atoms. The number of benzene rings is 1. The second-order valence-electron chi connectivity index (χ2n) is 7.21. The maximum Gasteiger partial charge on any atom is 0.254 e. The summed E-state index contributed by atoms with van der Waals surface area (Å²) in [5.74, 6) is 0.00366. The minimum atomic E-state index is 0.00366. The van der Waals surface area contributed by atoms with E-state index < -0.39 is 0 Å². The van der Waals surface area contributed by atoms with Crippen molar-refractivity contribution in [1.82, 2.24) is 9.88 Å². The standard InChI is InChI=1S/C21H21N3O/c22-14-18-13-17(9-12-23-18)20(25)24-15-21(10-5-2-6-11-21)19(24)16-7-3-1-4-8-16/h1,3-4,7-9,12-13,19H,2,5-6,10-11,15H2/t19-/m1/s1. The van der Waals surface area contributed by atoms with E-state index in [0.717, 1.165) is 6.54 Å². The zero-order valence-corrected chi connectivity index (χ0v) is 14.2. The van der Waals surface area contributed by atoms with Crippen LogP contribution in [0.25, 0.3) is 0 Å². The molecule has 2 aromatic rings. The number of nitrogens with zero attached hydrogens (tertiary/aromatic N) is 3. The first-order chi connectivity index (χ1) is 12.2. The topological polar surface area (TPSA) is 57.0 Å². The molecule has 1 aliphatic heterocycles. The highest BCUT2D eigenvalue weighted by Crippen LogP contribution is 2.57. The van der Waals surface area contributed by atoms with Gasteiger partial charge < -0.3 is 4.90 Å². The van der Waals surface area contributed by atoms with Crippen LogP contribution in [0.5, 0.6) is 0 Å². The lowest BCUT2D eigenvalue weighted by Crippen LogP contribution is -2.61. The van der Waals surface area contributed by atoms with Crippen molar-refractivity contribution in [3.63, 3.8) is 0 Å². The Kier molecular flexibility index (Phi) is 4.01. The van der Waals surface area contributed by atoms with Gasteiger partial charge in [0.15, 0.2) is 0 Å². The van der Waals surface area contributed by atoms with E-state index in [1.165, 1.54) is 37.7 Å². The monoisotopic (exact) mass is 331 g/mol. The largest absolute Gasteiger partial charge is 0.330 e. The highest BCUT2D eigenvalue weighted by atomic mass is 16.2.